The van der Waals surface area contributed by atoms with E-state index in [9.17, 15) is 13.2 Å². The Bertz CT molecular complexity index is 809. The fourth-order valence-corrected chi connectivity index (χ4v) is 3.40. The van der Waals surface area contributed by atoms with Crippen LogP contribution in [0.2, 0.25) is 0 Å². The fraction of sp³-hybridized carbons (Fsp3) is 0.400. The molecule has 3 heterocycles. The third-order valence-corrected chi connectivity index (χ3v) is 5.17. The molecule has 9 heteroatoms. The molecule has 0 unspecified atom stereocenters. The zero-order chi connectivity index (χ0) is 17.2. The van der Waals surface area contributed by atoms with Crippen LogP contribution in [0.5, 0.6) is 0 Å². The molecular weight excluding hydrogens is 330 g/mol. The molecule has 24 heavy (non-hydrogen) atoms. The zero-order valence-electron chi connectivity index (χ0n) is 13.3. The minimum Gasteiger partial charge on any atom is -0.323 e. The molecule has 0 aromatic carbocycles. The molecule has 1 saturated heterocycles. The van der Waals surface area contributed by atoms with E-state index in [1.165, 1.54) is 12.3 Å². The number of carbonyl (C=O) groups is 1. The van der Waals surface area contributed by atoms with Crippen molar-refractivity contribution in [1.82, 2.24) is 20.1 Å². The van der Waals surface area contributed by atoms with Gasteiger partial charge in [-0.25, -0.2) is 13.4 Å². The molecule has 3 rings (SSSR count). The Morgan fingerprint density at radius 3 is 2.62 bits per heavy atom. The van der Waals surface area contributed by atoms with E-state index in [2.05, 4.69) is 20.7 Å². The van der Waals surface area contributed by atoms with Crippen molar-refractivity contribution in [2.45, 2.75) is 23.4 Å². The van der Waals surface area contributed by atoms with E-state index in [4.69, 9.17) is 0 Å². The van der Waals surface area contributed by atoms with Gasteiger partial charge >= 0.3 is 0 Å². The van der Waals surface area contributed by atoms with E-state index in [0.29, 0.717) is 18.5 Å². The highest BCUT2D eigenvalue weighted by atomic mass is 32.2. The number of rotatable bonds is 4. The van der Waals surface area contributed by atoms with Crippen molar-refractivity contribution < 1.29 is 13.2 Å². The summed E-state index contributed by atoms with van der Waals surface area (Å²) in [7, 11) is -3.36. The summed E-state index contributed by atoms with van der Waals surface area (Å²) in [4.78, 5) is 16.8. The van der Waals surface area contributed by atoms with Gasteiger partial charge in [0.1, 0.15) is 5.54 Å². The lowest BCUT2D eigenvalue weighted by Gasteiger charge is -2.36. The first kappa shape index (κ1) is 16.6. The Hall–Kier alpha value is -2.26. The van der Waals surface area contributed by atoms with Crippen molar-refractivity contribution in [3.63, 3.8) is 0 Å². The van der Waals surface area contributed by atoms with Gasteiger partial charge in [0.2, 0.25) is 0 Å². The molecule has 1 aliphatic heterocycles. The maximum atomic E-state index is 12.9. The second kappa shape index (κ2) is 6.33. The molecule has 128 valence electrons. The van der Waals surface area contributed by atoms with E-state index in [-0.39, 0.29) is 10.9 Å². The molecule has 1 amide bonds. The minimum atomic E-state index is -3.36. The van der Waals surface area contributed by atoms with Crippen molar-refractivity contribution in [3.8, 4) is 0 Å². The number of nitrogens with zero attached hydrogens (tertiary/aromatic N) is 3. The van der Waals surface area contributed by atoms with Gasteiger partial charge in [0.05, 0.1) is 11.9 Å². The van der Waals surface area contributed by atoms with Crippen molar-refractivity contribution in [2.24, 2.45) is 0 Å². The van der Waals surface area contributed by atoms with Crippen LogP contribution in [0.3, 0.4) is 0 Å². The number of aromatic nitrogens is 3. The van der Waals surface area contributed by atoms with E-state index in [1.54, 1.807) is 29.2 Å². The molecule has 0 bridgehead atoms. The molecule has 0 radical (unpaired) electrons. The molecule has 0 spiro atoms. The van der Waals surface area contributed by atoms with Gasteiger partial charge in [-0.1, -0.05) is 0 Å². The second-order valence-corrected chi connectivity index (χ2v) is 7.81. The molecule has 1 fully saturated rings. The molecule has 1 aliphatic rings. The predicted octanol–water partition coefficient (Wildman–Crippen LogP) is 0.399. The summed E-state index contributed by atoms with van der Waals surface area (Å²) in [6.45, 7) is 1.44. The standard InChI is InChI=1S/C15H19N5O3S/c1-24(22,23)13-4-3-12(11-17-13)19-14(21)15(5-8-16-9-6-15)20-10-2-7-18-20/h2-4,7,10-11,16H,5-6,8-9H2,1H3,(H,19,21). The summed E-state index contributed by atoms with van der Waals surface area (Å²) >= 11 is 0. The number of nitrogens with one attached hydrogen (secondary N) is 2. The number of amides is 1. The third-order valence-electron chi connectivity index (χ3n) is 4.17. The Balaban J connectivity index is 1.84. The molecule has 8 nitrogen and oxygen atoms in total. The maximum absolute atomic E-state index is 12.9. The summed E-state index contributed by atoms with van der Waals surface area (Å²) in [5, 5.41) is 10.3. The van der Waals surface area contributed by atoms with Crippen molar-refractivity contribution in [1.29, 1.82) is 0 Å². The predicted molar refractivity (Wildman–Crippen MR) is 88.3 cm³/mol. The molecule has 0 atom stereocenters. The highest BCUT2D eigenvalue weighted by Gasteiger charge is 2.42. The van der Waals surface area contributed by atoms with Crippen LogP contribution in [0.15, 0.2) is 41.8 Å². The van der Waals surface area contributed by atoms with Gasteiger partial charge in [0.15, 0.2) is 14.9 Å². The molecule has 2 aromatic rings. The van der Waals surface area contributed by atoms with E-state index in [0.717, 1.165) is 19.3 Å². The Morgan fingerprint density at radius 1 is 1.33 bits per heavy atom. The van der Waals surface area contributed by atoms with Gasteiger partial charge < -0.3 is 10.6 Å². The van der Waals surface area contributed by atoms with Crippen LogP contribution in [-0.2, 0) is 20.2 Å². The van der Waals surface area contributed by atoms with Crippen molar-refractivity contribution >= 4 is 21.4 Å². The Morgan fingerprint density at radius 2 is 2.08 bits per heavy atom. The van der Waals surface area contributed by atoms with Crippen molar-refractivity contribution in [2.75, 3.05) is 24.7 Å². The quantitative estimate of drug-likeness (QED) is 0.828. The lowest BCUT2D eigenvalue weighted by atomic mass is 9.87. The van der Waals surface area contributed by atoms with Gasteiger partial charge in [0.25, 0.3) is 5.91 Å². The Labute approximate surface area is 140 Å². The molecule has 2 aromatic heterocycles. The summed E-state index contributed by atoms with van der Waals surface area (Å²) in [6, 6.07) is 4.71. The molecular formula is C15H19N5O3S. The Kier molecular flexibility index (Phi) is 4.37. The van der Waals surface area contributed by atoms with E-state index >= 15 is 0 Å². The normalized spacial score (nSPS) is 17.4. The molecule has 0 aliphatic carbocycles. The topological polar surface area (TPSA) is 106 Å². The second-order valence-electron chi connectivity index (χ2n) is 5.84. The van der Waals surface area contributed by atoms with Gasteiger partial charge in [-0.05, 0) is 44.1 Å². The summed E-state index contributed by atoms with van der Waals surface area (Å²) < 4.78 is 24.6. The molecule has 0 saturated carbocycles. The van der Waals surface area contributed by atoms with Gasteiger partial charge in [-0.2, -0.15) is 5.10 Å². The van der Waals surface area contributed by atoms with Crippen LogP contribution in [0.4, 0.5) is 5.69 Å². The van der Waals surface area contributed by atoms with Gasteiger partial charge in [0, 0.05) is 18.6 Å². The average molecular weight is 349 g/mol. The van der Waals surface area contributed by atoms with Crippen LogP contribution >= 0.6 is 0 Å². The van der Waals surface area contributed by atoms with Crippen LogP contribution in [-0.4, -0.2) is 48.4 Å². The summed E-state index contributed by atoms with van der Waals surface area (Å²) in [6.07, 6.45) is 7.13. The van der Waals surface area contributed by atoms with Crippen LogP contribution in [0, 0.1) is 0 Å². The number of pyridine rings is 1. The summed E-state index contributed by atoms with van der Waals surface area (Å²) in [5.74, 6) is -0.179. The number of hydrogen-bond donors (Lipinski definition) is 2. The molecule has 2 N–H and O–H groups in total. The highest BCUT2D eigenvalue weighted by molar-refractivity contribution is 7.90. The first-order valence-electron chi connectivity index (χ1n) is 7.60. The number of sulfone groups is 1. The first-order valence-corrected chi connectivity index (χ1v) is 9.49. The third kappa shape index (κ3) is 3.17. The first-order chi connectivity index (χ1) is 11.4. The number of anilines is 1. The average Bonchev–Trinajstić information content (AvgIpc) is 3.10. The number of carbonyl (C=O) groups excluding carboxylic acids is 1. The fourth-order valence-electron chi connectivity index (χ4n) is 2.84. The smallest absolute Gasteiger partial charge is 0.252 e. The van der Waals surface area contributed by atoms with Crippen LogP contribution in [0.25, 0.3) is 0 Å². The monoisotopic (exact) mass is 349 g/mol. The maximum Gasteiger partial charge on any atom is 0.252 e. The largest absolute Gasteiger partial charge is 0.323 e. The SMILES string of the molecule is CS(=O)(=O)c1ccc(NC(=O)C2(n3cccn3)CCNCC2)cn1. The number of hydrogen-bond acceptors (Lipinski definition) is 6. The van der Waals surface area contributed by atoms with E-state index in [1.807, 2.05) is 0 Å². The highest BCUT2D eigenvalue weighted by Crippen LogP contribution is 2.28. The minimum absolute atomic E-state index is 0.0239. The van der Waals surface area contributed by atoms with Crippen LogP contribution in [0.1, 0.15) is 12.8 Å². The summed E-state index contributed by atoms with van der Waals surface area (Å²) in [5.41, 5.74) is -0.304. The van der Waals surface area contributed by atoms with Crippen LogP contribution < -0.4 is 10.6 Å². The lowest BCUT2D eigenvalue weighted by Crippen LogP contribution is -2.52. The van der Waals surface area contributed by atoms with Crippen molar-refractivity contribution in [3.05, 3.63) is 36.8 Å². The number of piperidine rings is 1. The van der Waals surface area contributed by atoms with Gasteiger partial charge in [-0.3, -0.25) is 9.48 Å². The zero-order valence-corrected chi connectivity index (χ0v) is 14.1. The van der Waals surface area contributed by atoms with Gasteiger partial charge in [-0.15, -0.1) is 0 Å². The lowest BCUT2D eigenvalue weighted by molar-refractivity contribution is -0.126. The van der Waals surface area contributed by atoms with E-state index < -0.39 is 15.4 Å².